The van der Waals surface area contributed by atoms with Gasteiger partial charge in [0.1, 0.15) is 0 Å². The van der Waals surface area contributed by atoms with Crippen molar-refractivity contribution in [3.05, 3.63) is 10.6 Å². The summed E-state index contributed by atoms with van der Waals surface area (Å²) in [6.45, 7) is 4.33. The summed E-state index contributed by atoms with van der Waals surface area (Å²) in [6.07, 6.45) is 2.25. The summed E-state index contributed by atoms with van der Waals surface area (Å²) < 4.78 is 0. The summed E-state index contributed by atoms with van der Waals surface area (Å²) in [4.78, 5) is 16.9. The number of rotatable bonds is 4. The first-order valence-corrected chi connectivity index (χ1v) is 5.94. The molecule has 0 radical (unpaired) electrons. The van der Waals surface area contributed by atoms with Gasteiger partial charge < -0.3 is 10.6 Å². The monoisotopic (exact) mass is 225 g/mol. The molecule has 1 aromatic rings. The molecule has 2 N–H and O–H groups in total. The van der Waals surface area contributed by atoms with Crippen molar-refractivity contribution in [2.75, 3.05) is 11.9 Å². The van der Waals surface area contributed by atoms with Crippen LogP contribution in [0.2, 0.25) is 0 Å². The summed E-state index contributed by atoms with van der Waals surface area (Å²) in [6, 6.07) is 0.430. The van der Waals surface area contributed by atoms with Gasteiger partial charge >= 0.3 is 0 Å². The number of anilines is 1. The van der Waals surface area contributed by atoms with E-state index in [0.29, 0.717) is 12.6 Å². The van der Waals surface area contributed by atoms with Crippen LogP contribution in [0.25, 0.3) is 0 Å². The standard InChI is InChI=1S/C10H15N3OS/c1-6-7(2)15-10(12-6)11-5-9(14)13-8-3-4-8/h8H,3-5H2,1-2H3,(H,11,12)(H,13,14). The Balaban J connectivity index is 1.78. The van der Waals surface area contributed by atoms with Gasteiger partial charge in [-0.2, -0.15) is 0 Å². The lowest BCUT2D eigenvalue weighted by Crippen LogP contribution is -2.31. The van der Waals surface area contributed by atoms with Crippen molar-refractivity contribution < 1.29 is 4.79 Å². The lowest BCUT2D eigenvalue weighted by Gasteiger charge is -2.03. The van der Waals surface area contributed by atoms with Gasteiger partial charge in [-0.05, 0) is 26.7 Å². The Morgan fingerprint density at radius 3 is 2.80 bits per heavy atom. The molecule has 0 unspecified atom stereocenters. The van der Waals surface area contributed by atoms with Gasteiger partial charge in [-0.3, -0.25) is 4.79 Å². The molecule has 0 aliphatic heterocycles. The summed E-state index contributed by atoms with van der Waals surface area (Å²) in [5.74, 6) is 0.0583. The maximum Gasteiger partial charge on any atom is 0.239 e. The molecule has 4 nitrogen and oxygen atoms in total. The van der Waals surface area contributed by atoms with Gasteiger partial charge in [0, 0.05) is 10.9 Å². The third-order valence-corrected chi connectivity index (χ3v) is 3.40. The van der Waals surface area contributed by atoms with Crippen molar-refractivity contribution in [2.24, 2.45) is 0 Å². The highest BCUT2D eigenvalue weighted by molar-refractivity contribution is 7.15. The average Bonchev–Trinajstić information content (AvgIpc) is 2.92. The SMILES string of the molecule is Cc1nc(NCC(=O)NC2CC2)sc1C. The second kappa shape index (κ2) is 4.18. The molecular formula is C10H15N3OS. The number of hydrogen-bond donors (Lipinski definition) is 2. The van der Waals surface area contributed by atoms with Gasteiger partial charge in [0.05, 0.1) is 12.2 Å². The minimum absolute atomic E-state index is 0.0583. The van der Waals surface area contributed by atoms with Crippen molar-refractivity contribution in [3.63, 3.8) is 0 Å². The second-order valence-corrected chi connectivity index (χ2v) is 5.06. The molecule has 1 saturated carbocycles. The van der Waals surface area contributed by atoms with Crippen LogP contribution in [0.1, 0.15) is 23.4 Å². The van der Waals surface area contributed by atoms with E-state index in [-0.39, 0.29) is 5.91 Å². The zero-order valence-corrected chi connectivity index (χ0v) is 9.78. The number of amides is 1. The Morgan fingerprint density at radius 2 is 2.27 bits per heavy atom. The van der Waals surface area contributed by atoms with Crippen molar-refractivity contribution >= 4 is 22.4 Å². The zero-order valence-electron chi connectivity index (χ0n) is 8.96. The molecule has 1 aliphatic rings. The number of aromatic nitrogens is 1. The van der Waals surface area contributed by atoms with Gasteiger partial charge in [0.25, 0.3) is 0 Å². The van der Waals surface area contributed by atoms with Crippen LogP contribution in [-0.4, -0.2) is 23.5 Å². The van der Waals surface area contributed by atoms with E-state index >= 15 is 0 Å². The predicted molar refractivity (Wildman–Crippen MR) is 61.2 cm³/mol. The van der Waals surface area contributed by atoms with Crippen LogP contribution in [0.5, 0.6) is 0 Å². The first kappa shape index (κ1) is 10.4. The zero-order chi connectivity index (χ0) is 10.8. The number of nitrogens with zero attached hydrogens (tertiary/aromatic N) is 1. The average molecular weight is 225 g/mol. The van der Waals surface area contributed by atoms with E-state index in [4.69, 9.17) is 0 Å². The number of carbonyl (C=O) groups is 1. The van der Waals surface area contributed by atoms with Gasteiger partial charge in [0.2, 0.25) is 5.91 Å². The van der Waals surface area contributed by atoms with Crippen LogP contribution in [0.4, 0.5) is 5.13 Å². The van der Waals surface area contributed by atoms with Gasteiger partial charge in [-0.15, -0.1) is 11.3 Å². The van der Waals surface area contributed by atoms with Crippen LogP contribution < -0.4 is 10.6 Å². The van der Waals surface area contributed by atoms with Crippen LogP contribution in [-0.2, 0) is 4.79 Å². The summed E-state index contributed by atoms with van der Waals surface area (Å²) >= 11 is 1.59. The van der Waals surface area contributed by atoms with E-state index in [1.165, 1.54) is 4.88 Å². The van der Waals surface area contributed by atoms with E-state index in [1.54, 1.807) is 11.3 Å². The summed E-state index contributed by atoms with van der Waals surface area (Å²) in [5, 5.41) is 6.79. The Labute approximate surface area is 93.1 Å². The molecular weight excluding hydrogens is 210 g/mol. The fraction of sp³-hybridized carbons (Fsp3) is 0.600. The molecule has 1 fully saturated rings. The topological polar surface area (TPSA) is 54.0 Å². The van der Waals surface area contributed by atoms with Gasteiger partial charge in [0.15, 0.2) is 5.13 Å². The molecule has 2 rings (SSSR count). The molecule has 1 amide bonds. The first-order valence-electron chi connectivity index (χ1n) is 5.12. The highest BCUT2D eigenvalue weighted by atomic mass is 32.1. The lowest BCUT2D eigenvalue weighted by atomic mass is 10.4. The van der Waals surface area contributed by atoms with E-state index in [1.807, 2.05) is 13.8 Å². The Morgan fingerprint density at radius 1 is 1.53 bits per heavy atom. The molecule has 82 valence electrons. The van der Waals surface area contributed by atoms with E-state index in [2.05, 4.69) is 15.6 Å². The number of hydrogen-bond acceptors (Lipinski definition) is 4. The molecule has 1 aromatic heterocycles. The predicted octanol–water partition coefficient (Wildman–Crippen LogP) is 1.45. The fourth-order valence-electron chi connectivity index (χ4n) is 1.21. The fourth-order valence-corrected chi connectivity index (χ4v) is 2.02. The van der Waals surface area contributed by atoms with Crippen molar-refractivity contribution in [3.8, 4) is 0 Å². The normalized spacial score (nSPS) is 15.1. The lowest BCUT2D eigenvalue weighted by molar-refractivity contribution is -0.119. The molecule has 0 saturated heterocycles. The third-order valence-electron chi connectivity index (χ3n) is 2.37. The highest BCUT2D eigenvalue weighted by Crippen LogP contribution is 2.21. The van der Waals surface area contributed by atoms with Crippen molar-refractivity contribution in [2.45, 2.75) is 32.7 Å². The minimum Gasteiger partial charge on any atom is -0.352 e. The Kier molecular flexibility index (Phi) is 2.90. The van der Waals surface area contributed by atoms with E-state index in [9.17, 15) is 4.79 Å². The maximum atomic E-state index is 11.4. The number of aryl methyl sites for hydroxylation is 2. The van der Waals surface area contributed by atoms with Crippen molar-refractivity contribution in [1.29, 1.82) is 0 Å². The van der Waals surface area contributed by atoms with Gasteiger partial charge in [-0.1, -0.05) is 0 Å². The Hall–Kier alpha value is -1.10. The number of nitrogens with one attached hydrogen (secondary N) is 2. The third kappa shape index (κ3) is 2.92. The molecule has 0 aromatic carbocycles. The van der Waals surface area contributed by atoms with E-state index < -0.39 is 0 Å². The smallest absolute Gasteiger partial charge is 0.239 e. The molecule has 5 heteroatoms. The maximum absolute atomic E-state index is 11.4. The molecule has 0 spiro atoms. The second-order valence-electron chi connectivity index (χ2n) is 3.86. The molecule has 15 heavy (non-hydrogen) atoms. The molecule has 1 aliphatic carbocycles. The number of carbonyl (C=O) groups excluding carboxylic acids is 1. The summed E-state index contributed by atoms with van der Waals surface area (Å²) in [5.41, 5.74) is 1.03. The molecule has 0 bridgehead atoms. The van der Waals surface area contributed by atoms with Crippen LogP contribution in [0.3, 0.4) is 0 Å². The van der Waals surface area contributed by atoms with Crippen LogP contribution in [0.15, 0.2) is 0 Å². The van der Waals surface area contributed by atoms with Gasteiger partial charge in [-0.25, -0.2) is 4.98 Å². The first-order chi connectivity index (χ1) is 7.15. The summed E-state index contributed by atoms with van der Waals surface area (Å²) in [7, 11) is 0. The minimum atomic E-state index is 0.0583. The van der Waals surface area contributed by atoms with Crippen molar-refractivity contribution in [1.82, 2.24) is 10.3 Å². The highest BCUT2D eigenvalue weighted by Gasteiger charge is 2.22. The van der Waals surface area contributed by atoms with Crippen LogP contribution in [0, 0.1) is 13.8 Å². The molecule has 0 atom stereocenters. The largest absolute Gasteiger partial charge is 0.352 e. The quantitative estimate of drug-likeness (QED) is 0.815. The molecule has 1 heterocycles. The van der Waals surface area contributed by atoms with E-state index in [0.717, 1.165) is 23.7 Å². The number of thiazole rings is 1. The Bertz CT molecular complexity index is 351. The van der Waals surface area contributed by atoms with Crippen LogP contribution >= 0.6 is 11.3 Å².